The van der Waals surface area contributed by atoms with Gasteiger partial charge in [0, 0.05) is 6.54 Å². The molecular formula is C7H13N. The Morgan fingerprint density at radius 3 is 2.75 bits per heavy atom. The molecule has 0 aromatic heterocycles. The zero-order chi connectivity index (χ0) is 6.41. The molecule has 0 N–H and O–H groups in total. The maximum absolute atomic E-state index is 4.05. The Bertz CT molecular complexity index is 84.4. The van der Waals surface area contributed by atoms with Crippen LogP contribution in [-0.4, -0.2) is 12.8 Å². The fraction of sp³-hybridized carbons (Fsp3) is 0.571. The van der Waals surface area contributed by atoms with Crippen LogP contribution in [0.1, 0.15) is 13.8 Å². The van der Waals surface area contributed by atoms with Gasteiger partial charge in [-0.3, -0.25) is 4.99 Å². The highest BCUT2D eigenvalue weighted by atomic mass is 14.7. The largest absolute Gasteiger partial charge is 0.297 e. The molecule has 0 aliphatic heterocycles. The van der Waals surface area contributed by atoms with Gasteiger partial charge in [-0.25, -0.2) is 0 Å². The SMILES string of the molecule is C=CC(C)C/N=C\C. The zero-order valence-electron chi connectivity index (χ0n) is 5.59. The molecule has 0 spiro atoms. The summed E-state index contributed by atoms with van der Waals surface area (Å²) in [4.78, 5) is 4.05. The third-order valence-corrected chi connectivity index (χ3v) is 0.978. The molecule has 0 heterocycles. The molecule has 46 valence electrons. The van der Waals surface area contributed by atoms with E-state index >= 15 is 0 Å². The van der Waals surface area contributed by atoms with Gasteiger partial charge in [-0.1, -0.05) is 13.0 Å². The molecule has 0 aromatic carbocycles. The Hall–Kier alpha value is -0.590. The van der Waals surface area contributed by atoms with Crippen LogP contribution in [0.2, 0.25) is 0 Å². The summed E-state index contributed by atoms with van der Waals surface area (Å²) in [5.41, 5.74) is 0. The minimum absolute atomic E-state index is 0.520. The summed E-state index contributed by atoms with van der Waals surface area (Å²) in [5, 5.41) is 0. The second-order valence-electron chi connectivity index (χ2n) is 1.84. The molecule has 0 radical (unpaired) electrons. The molecule has 0 saturated carbocycles. The van der Waals surface area contributed by atoms with Gasteiger partial charge in [-0.05, 0) is 19.1 Å². The molecule has 1 unspecified atom stereocenters. The molecule has 0 bridgehead atoms. The standard InChI is InChI=1S/C7H13N/c1-4-7(3)6-8-5-2/h4-5,7H,1,6H2,2-3H3/b8-5-. The summed E-state index contributed by atoms with van der Waals surface area (Å²) >= 11 is 0. The molecule has 0 aliphatic carbocycles. The molecule has 1 heteroatoms. The topological polar surface area (TPSA) is 12.4 Å². The van der Waals surface area contributed by atoms with Crippen LogP contribution in [0.25, 0.3) is 0 Å². The first-order valence-electron chi connectivity index (χ1n) is 2.88. The van der Waals surface area contributed by atoms with Gasteiger partial charge in [0.1, 0.15) is 0 Å². The van der Waals surface area contributed by atoms with Crippen molar-refractivity contribution in [1.82, 2.24) is 0 Å². The van der Waals surface area contributed by atoms with Crippen LogP contribution < -0.4 is 0 Å². The van der Waals surface area contributed by atoms with Gasteiger partial charge in [0.05, 0.1) is 0 Å². The Labute approximate surface area is 51.1 Å². The van der Waals surface area contributed by atoms with Crippen molar-refractivity contribution in [2.75, 3.05) is 6.54 Å². The maximum atomic E-state index is 4.05. The highest BCUT2D eigenvalue weighted by Gasteiger charge is 1.88. The lowest BCUT2D eigenvalue weighted by atomic mass is 10.2. The molecule has 0 saturated heterocycles. The third-order valence-electron chi connectivity index (χ3n) is 0.978. The van der Waals surface area contributed by atoms with Crippen LogP contribution in [0, 0.1) is 5.92 Å². The zero-order valence-corrected chi connectivity index (χ0v) is 5.59. The number of rotatable bonds is 3. The minimum Gasteiger partial charge on any atom is -0.297 e. The molecule has 8 heavy (non-hydrogen) atoms. The molecule has 1 nitrogen and oxygen atoms in total. The fourth-order valence-electron chi connectivity index (χ4n) is 0.346. The van der Waals surface area contributed by atoms with Gasteiger partial charge in [-0.15, -0.1) is 6.58 Å². The predicted octanol–water partition coefficient (Wildman–Crippen LogP) is 1.90. The van der Waals surface area contributed by atoms with E-state index in [1.54, 1.807) is 0 Å². The normalized spacial score (nSPS) is 14.2. The van der Waals surface area contributed by atoms with Gasteiger partial charge >= 0.3 is 0 Å². The summed E-state index contributed by atoms with van der Waals surface area (Å²) in [6, 6.07) is 0. The minimum atomic E-state index is 0.520. The third kappa shape index (κ3) is 3.59. The fourth-order valence-corrected chi connectivity index (χ4v) is 0.346. The van der Waals surface area contributed by atoms with Crippen molar-refractivity contribution in [3.05, 3.63) is 12.7 Å². The Balaban J connectivity index is 3.23. The van der Waals surface area contributed by atoms with Crippen LogP contribution in [0.15, 0.2) is 17.6 Å². The lowest BCUT2D eigenvalue weighted by molar-refractivity contribution is 0.745. The number of aliphatic imine (C=N–C) groups is 1. The molecule has 0 fully saturated rings. The Kier molecular flexibility index (Phi) is 4.23. The highest BCUT2D eigenvalue weighted by molar-refractivity contribution is 5.53. The van der Waals surface area contributed by atoms with Crippen LogP contribution in [-0.2, 0) is 0 Å². The van der Waals surface area contributed by atoms with Gasteiger partial charge in [0.15, 0.2) is 0 Å². The van der Waals surface area contributed by atoms with Crippen LogP contribution in [0.4, 0.5) is 0 Å². The maximum Gasteiger partial charge on any atom is 0.0445 e. The monoisotopic (exact) mass is 111 g/mol. The van der Waals surface area contributed by atoms with E-state index in [1.165, 1.54) is 0 Å². The molecular weight excluding hydrogens is 98.1 g/mol. The van der Waals surface area contributed by atoms with E-state index < -0.39 is 0 Å². The second kappa shape index (κ2) is 4.57. The van der Waals surface area contributed by atoms with Crippen molar-refractivity contribution in [3.8, 4) is 0 Å². The molecule has 0 aromatic rings. The van der Waals surface area contributed by atoms with Crippen molar-refractivity contribution < 1.29 is 0 Å². The molecule has 0 rings (SSSR count). The quantitative estimate of drug-likeness (QED) is 0.389. The van der Waals surface area contributed by atoms with E-state index in [1.807, 2.05) is 19.2 Å². The summed E-state index contributed by atoms with van der Waals surface area (Å²) in [6.07, 6.45) is 3.73. The van der Waals surface area contributed by atoms with Crippen molar-refractivity contribution >= 4 is 6.21 Å². The average Bonchev–Trinajstić information content (AvgIpc) is 1.83. The summed E-state index contributed by atoms with van der Waals surface area (Å²) in [6.45, 7) is 8.54. The summed E-state index contributed by atoms with van der Waals surface area (Å²) in [7, 11) is 0. The van der Waals surface area contributed by atoms with Crippen molar-refractivity contribution in [1.29, 1.82) is 0 Å². The van der Waals surface area contributed by atoms with Crippen molar-refractivity contribution in [3.63, 3.8) is 0 Å². The number of hydrogen-bond acceptors (Lipinski definition) is 1. The highest BCUT2D eigenvalue weighted by Crippen LogP contribution is 1.93. The van der Waals surface area contributed by atoms with Crippen LogP contribution in [0.5, 0.6) is 0 Å². The van der Waals surface area contributed by atoms with Crippen LogP contribution in [0.3, 0.4) is 0 Å². The lowest BCUT2D eigenvalue weighted by Crippen LogP contribution is -1.92. The second-order valence-corrected chi connectivity index (χ2v) is 1.84. The van der Waals surface area contributed by atoms with E-state index in [-0.39, 0.29) is 0 Å². The molecule has 1 atom stereocenters. The van der Waals surface area contributed by atoms with Gasteiger partial charge in [0.2, 0.25) is 0 Å². The summed E-state index contributed by atoms with van der Waals surface area (Å²) in [5.74, 6) is 0.520. The first kappa shape index (κ1) is 7.41. The van der Waals surface area contributed by atoms with Gasteiger partial charge < -0.3 is 0 Å². The van der Waals surface area contributed by atoms with E-state index in [0.717, 1.165) is 6.54 Å². The van der Waals surface area contributed by atoms with Crippen LogP contribution >= 0.6 is 0 Å². The lowest BCUT2D eigenvalue weighted by Gasteiger charge is -1.96. The van der Waals surface area contributed by atoms with E-state index in [0.29, 0.717) is 5.92 Å². The Morgan fingerprint density at radius 2 is 2.38 bits per heavy atom. The smallest absolute Gasteiger partial charge is 0.0445 e. The number of hydrogen-bond donors (Lipinski definition) is 0. The Morgan fingerprint density at radius 1 is 1.75 bits per heavy atom. The molecule has 0 amide bonds. The number of nitrogens with zero attached hydrogens (tertiary/aromatic N) is 1. The molecule has 0 aliphatic rings. The van der Waals surface area contributed by atoms with E-state index in [9.17, 15) is 0 Å². The first-order valence-corrected chi connectivity index (χ1v) is 2.88. The van der Waals surface area contributed by atoms with E-state index in [4.69, 9.17) is 0 Å². The predicted molar refractivity (Wildman–Crippen MR) is 38.4 cm³/mol. The van der Waals surface area contributed by atoms with Gasteiger partial charge in [-0.2, -0.15) is 0 Å². The van der Waals surface area contributed by atoms with Crippen molar-refractivity contribution in [2.45, 2.75) is 13.8 Å². The summed E-state index contributed by atoms with van der Waals surface area (Å²) < 4.78 is 0. The average molecular weight is 111 g/mol. The first-order chi connectivity index (χ1) is 3.81. The van der Waals surface area contributed by atoms with Crippen molar-refractivity contribution in [2.24, 2.45) is 10.9 Å². The van der Waals surface area contributed by atoms with E-state index in [2.05, 4.69) is 18.5 Å². The van der Waals surface area contributed by atoms with Gasteiger partial charge in [0.25, 0.3) is 0 Å².